The molecule has 16 heavy (non-hydrogen) atoms. The summed E-state index contributed by atoms with van der Waals surface area (Å²) in [5, 5.41) is 17.0. The van der Waals surface area contributed by atoms with Gasteiger partial charge in [-0.15, -0.1) is 0 Å². The number of aliphatic hydroxyl groups excluding tert-OH is 1. The first-order valence-corrected chi connectivity index (χ1v) is 6.30. The lowest BCUT2D eigenvalue weighted by molar-refractivity contribution is 0.320. The molecule has 1 rings (SSSR count). The van der Waals surface area contributed by atoms with Gasteiger partial charge >= 0.3 is 0 Å². The van der Waals surface area contributed by atoms with Crippen molar-refractivity contribution in [1.29, 1.82) is 5.26 Å². The van der Waals surface area contributed by atoms with E-state index in [4.69, 9.17) is 10.4 Å². The number of sulfonamides is 1. The number of hydrogen-bond donors (Lipinski definition) is 2. The van der Waals surface area contributed by atoms with E-state index in [9.17, 15) is 8.42 Å². The molecule has 0 aliphatic carbocycles. The predicted octanol–water partition coefficient (Wildman–Crippen LogP) is 0.487. The van der Waals surface area contributed by atoms with Crippen LogP contribution in [-0.4, -0.2) is 25.9 Å². The van der Waals surface area contributed by atoms with E-state index in [1.54, 1.807) is 24.3 Å². The SMILES string of the molecule is N#CCc1ccc(NS(=O)(=O)CCO)cc1. The minimum atomic E-state index is -3.47. The van der Waals surface area contributed by atoms with Crippen LogP contribution in [-0.2, 0) is 16.4 Å². The summed E-state index contributed by atoms with van der Waals surface area (Å²) < 4.78 is 24.9. The first-order valence-electron chi connectivity index (χ1n) is 4.64. The summed E-state index contributed by atoms with van der Waals surface area (Å²) >= 11 is 0. The van der Waals surface area contributed by atoms with Crippen molar-refractivity contribution in [2.75, 3.05) is 17.1 Å². The maximum absolute atomic E-state index is 11.3. The van der Waals surface area contributed by atoms with Crippen LogP contribution in [0.2, 0.25) is 0 Å². The Morgan fingerprint density at radius 2 is 1.94 bits per heavy atom. The average molecular weight is 240 g/mol. The normalized spacial score (nSPS) is 10.8. The summed E-state index contributed by atoms with van der Waals surface area (Å²) in [5.41, 5.74) is 1.25. The average Bonchev–Trinajstić information content (AvgIpc) is 2.21. The number of nitrogens with one attached hydrogen (secondary N) is 1. The van der Waals surface area contributed by atoms with E-state index in [-0.39, 0.29) is 5.75 Å². The molecule has 0 amide bonds. The molecule has 0 spiro atoms. The fraction of sp³-hybridized carbons (Fsp3) is 0.300. The van der Waals surface area contributed by atoms with E-state index in [0.29, 0.717) is 12.1 Å². The molecule has 0 heterocycles. The summed E-state index contributed by atoms with van der Waals surface area (Å²) in [7, 11) is -3.47. The summed E-state index contributed by atoms with van der Waals surface area (Å²) in [6.07, 6.45) is 0.295. The lowest BCUT2D eigenvalue weighted by Crippen LogP contribution is -2.18. The Morgan fingerprint density at radius 1 is 1.31 bits per heavy atom. The van der Waals surface area contributed by atoms with Gasteiger partial charge in [-0.1, -0.05) is 12.1 Å². The molecule has 0 atom stereocenters. The first-order chi connectivity index (χ1) is 7.57. The quantitative estimate of drug-likeness (QED) is 0.783. The molecule has 0 aliphatic heterocycles. The van der Waals surface area contributed by atoms with Gasteiger partial charge in [0.15, 0.2) is 0 Å². The van der Waals surface area contributed by atoms with Crippen molar-refractivity contribution in [2.45, 2.75) is 6.42 Å². The largest absolute Gasteiger partial charge is 0.395 e. The van der Waals surface area contributed by atoms with Crippen LogP contribution >= 0.6 is 0 Å². The molecule has 86 valence electrons. The van der Waals surface area contributed by atoms with Gasteiger partial charge in [0.2, 0.25) is 10.0 Å². The Bertz CT molecular complexity index is 474. The molecule has 0 aliphatic rings. The molecule has 0 bridgehead atoms. The molecule has 0 unspecified atom stereocenters. The topological polar surface area (TPSA) is 90.2 Å². The van der Waals surface area contributed by atoms with E-state index in [2.05, 4.69) is 4.72 Å². The van der Waals surface area contributed by atoms with Crippen molar-refractivity contribution >= 4 is 15.7 Å². The second-order valence-corrected chi connectivity index (χ2v) is 5.02. The van der Waals surface area contributed by atoms with Gasteiger partial charge in [0.1, 0.15) is 0 Å². The van der Waals surface area contributed by atoms with Gasteiger partial charge in [-0.2, -0.15) is 5.26 Å². The standard InChI is InChI=1S/C10H12N2O3S/c11-6-5-9-1-3-10(4-2-9)12-16(14,15)8-7-13/h1-4,12-13H,5,7-8H2. The van der Waals surface area contributed by atoms with Crippen molar-refractivity contribution in [1.82, 2.24) is 0 Å². The molecule has 1 aromatic rings. The zero-order valence-electron chi connectivity index (χ0n) is 8.55. The molecule has 0 fully saturated rings. The number of anilines is 1. The third-order valence-corrected chi connectivity index (χ3v) is 3.14. The van der Waals surface area contributed by atoms with Gasteiger partial charge in [-0.25, -0.2) is 8.42 Å². The second-order valence-electron chi connectivity index (χ2n) is 3.18. The smallest absolute Gasteiger partial charge is 0.234 e. The Hall–Kier alpha value is -1.58. The first kappa shape index (κ1) is 12.5. The van der Waals surface area contributed by atoms with Crippen molar-refractivity contribution in [3.8, 4) is 6.07 Å². The molecule has 6 heteroatoms. The highest BCUT2D eigenvalue weighted by atomic mass is 32.2. The van der Waals surface area contributed by atoms with Gasteiger partial charge in [0.05, 0.1) is 24.8 Å². The van der Waals surface area contributed by atoms with Crippen LogP contribution in [0.5, 0.6) is 0 Å². The van der Waals surface area contributed by atoms with Gasteiger partial charge in [0, 0.05) is 5.69 Å². The number of rotatable bonds is 5. The van der Waals surface area contributed by atoms with E-state index >= 15 is 0 Å². The minimum absolute atomic E-state index is 0.295. The molecule has 2 N–H and O–H groups in total. The number of hydrogen-bond acceptors (Lipinski definition) is 4. The van der Waals surface area contributed by atoms with E-state index in [1.165, 1.54) is 0 Å². The Kier molecular flexibility index (Phi) is 4.28. The van der Waals surface area contributed by atoms with E-state index in [1.807, 2.05) is 6.07 Å². The highest BCUT2D eigenvalue weighted by Gasteiger charge is 2.08. The summed E-state index contributed by atoms with van der Waals surface area (Å²) in [6.45, 7) is -0.415. The number of aliphatic hydroxyl groups is 1. The maximum Gasteiger partial charge on any atom is 0.234 e. The fourth-order valence-electron chi connectivity index (χ4n) is 1.13. The number of nitrogens with zero attached hydrogens (tertiary/aromatic N) is 1. The van der Waals surface area contributed by atoms with E-state index < -0.39 is 16.6 Å². The van der Waals surface area contributed by atoms with Crippen LogP contribution in [0.15, 0.2) is 24.3 Å². The lowest BCUT2D eigenvalue weighted by Gasteiger charge is -2.06. The van der Waals surface area contributed by atoms with Gasteiger partial charge in [0.25, 0.3) is 0 Å². The minimum Gasteiger partial charge on any atom is -0.395 e. The van der Waals surface area contributed by atoms with E-state index in [0.717, 1.165) is 5.56 Å². The Morgan fingerprint density at radius 3 is 2.44 bits per heavy atom. The molecule has 5 nitrogen and oxygen atoms in total. The van der Waals surface area contributed by atoms with Gasteiger partial charge in [-0.05, 0) is 17.7 Å². The molecular weight excluding hydrogens is 228 g/mol. The van der Waals surface area contributed by atoms with Crippen molar-refractivity contribution in [3.63, 3.8) is 0 Å². The van der Waals surface area contributed by atoms with Crippen LogP contribution in [0, 0.1) is 11.3 Å². The predicted molar refractivity (Wildman–Crippen MR) is 60.3 cm³/mol. The third kappa shape index (κ3) is 3.88. The van der Waals surface area contributed by atoms with Crippen LogP contribution in [0.1, 0.15) is 5.56 Å². The molecule has 0 aromatic heterocycles. The summed E-state index contributed by atoms with van der Waals surface area (Å²) in [4.78, 5) is 0. The highest BCUT2D eigenvalue weighted by Crippen LogP contribution is 2.11. The molecule has 0 saturated heterocycles. The molecular formula is C10H12N2O3S. The van der Waals surface area contributed by atoms with Crippen LogP contribution in [0.3, 0.4) is 0 Å². The molecule has 0 radical (unpaired) electrons. The monoisotopic (exact) mass is 240 g/mol. The van der Waals surface area contributed by atoms with Crippen LogP contribution in [0.4, 0.5) is 5.69 Å². The Labute approximate surface area is 94.4 Å². The second kappa shape index (κ2) is 5.49. The fourth-order valence-corrected chi connectivity index (χ4v) is 1.97. The van der Waals surface area contributed by atoms with Gasteiger partial charge < -0.3 is 5.11 Å². The molecule has 0 saturated carbocycles. The van der Waals surface area contributed by atoms with Crippen molar-refractivity contribution in [3.05, 3.63) is 29.8 Å². The third-order valence-electron chi connectivity index (χ3n) is 1.87. The zero-order valence-corrected chi connectivity index (χ0v) is 9.37. The lowest BCUT2D eigenvalue weighted by atomic mass is 10.1. The van der Waals surface area contributed by atoms with Crippen molar-refractivity contribution < 1.29 is 13.5 Å². The highest BCUT2D eigenvalue weighted by molar-refractivity contribution is 7.92. The number of benzene rings is 1. The maximum atomic E-state index is 11.3. The van der Waals surface area contributed by atoms with Crippen LogP contribution in [0.25, 0.3) is 0 Å². The summed E-state index contributed by atoms with van der Waals surface area (Å²) in [6, 6.07) is 8.53. The van der Waals surface area contributed by atoms with Gasteiger partial charge in [-0.3, -0.25) is 4.72 Å². The zero-order chi connectivity index (χ0) is 12.0. The Balaban J connectivity index is 2.73. The van der Waals surface area contributed by atoms with Crippen molar-refractivity contribution in [2.24, 2.45) is 0 Å². The summed E-state index contributed by atoms with van der Waals surface area (Å²) in [5.74, 6) is -0.326. The van der Waals surface area contributed by atoms with Crippen LogP contribution < -0.4 is 4.72 Å². The molecule has 1 aromatic carbocycles. The number of nitriles is 1.